The number of aryl methyl sites for hydroxylation is 1. The molecule has 0 aliphatic heterocycles. The summed E-state index contributed by atoms with van der Waals surface area (Å²) in [6.45, 7) is 1.52. The monoisotopic (exact) mass is 156 g/mol. The lowest BCUT2D eigenvalue weighted by Crippen LogP contribution is -1.98. The van der Waals surface area contributed by atoms with Crippen LogP contribution in [0.15, 0.2) is 6.07 Å². The minimum absolute atomic E-state index is 0.0337. The van der Waals surface area contributed by atoms with Gasteiger partial charge in [-0.1, -0.05) is 0 Å². The summed E-state index contributed by atoms with van der Waals surface area (Å²) >= 11 is 0. The molecule has 11 heavy (non-hydrogen) atoms. The molecule has 0 aliphatic carbocycles. The van der Waals surface area contributed by atoms with E-state index in [9.17, 15) is 8.78 Å². The summed E-state index contributed by atoms with van der Waals surface area (Å²) in [5.74, 6) is -1.79. The standard InChI is InChI=1S/C7H6F2N2/c1-4-2-6(8)11-7(9)5(4)3-10/h2-3,10H,1H3. The summed E-state index contributed by atoms with van der Waals surface area (Å²) in [6.07, 6.45) is 0.817. The second kappa shape index (κ2) is 2.74. The highest BCUT2D eigenvalue weighted by atomic mass is 19.1. The van der Waals surface area contributed by atoms with E-state index in [2.05, 4.69) is 4.98 Å². The van der Waals surface area contributed by atoms with E-state index in [0.717, 1.165) is 12.3 Å². The van der Waals surface area contributed by atoms with Crippen molar-refractivity contribution in [3.63, 3.8) is 0 Å². The van der Waals surface area contributed by atoms with Crippen molar-refractivity contribution in [1.29, 1.82) is 5.41 Å². The fraction of sp³-hybridized carbons (Fsp3) is 0.143. The van der Waals surface area contributed by atoms with E-state index in [4.69, 9.17) is 5.41 Å². The molecule has 0 aliphatic rings. The van der Waals surface area contributed by atoms with E-state index < -0.39 is 11.9 Å². The van der Waals surface area contributed by atoms with E-state index in [1.165, 1.54) is 6.92 Å². The molecule has 1 aromatic heterocycles. The molecule has 0 unspecified atom stereocenters. The first-order valence-corrected chi connectivity index (χ1v) is 2.98. The molecule has 0 saturated carbocycles. The van der Waals surface area contributed by atoms with Crippen molar-refractivity contribution >= 4 is 6.21 Å². The van der Waals surface area contributed by atoms with Crippen LogP contribution < -0.4 is 0 Å². The molecule has 0 spiro atoms. The van der Waals surface area contributed by atoms with Crippen molar-refractivity contribution in [3.05, 3.63) is 29.1 Å². The van der Waals surface area contributed by atoms with Gasteiger partial charge in [-0.15, -0.1) is 0 Å². The Labute approximate surface area is 62.4 Å². The van der Waals surface area contributed by atoms with Gasteiger partial charge in [0.15, 0.2) is 0 Å². The van der Waals surface area contributed by atoms with Crippen LogP contribution in [-0.2, 0) is 0 Å². The molecule has 1 heterocycles. The van der Waals surface area contributed by atoms with Gasteiger partial charge < -0.3 is 5.41 Å². The number of aromatic nitrogens is 1. The highest BCUT2D eigenvalue weighted by Gasteiger charge is 2.06. The predicted octanol–water partition coefficient (Wildman–Crippen LogP) is 1.67. The first kappa shape index (κ1) is 7.78. The van der Waals surface area contributed by atoms with Crippen LogP contribution in [-0.4, -0.2) is 11.2 Å². The van der Waals surface area contributed by atoms with Crippen LogP contribution in [0, 0.1) is 24.2 Å². The maximum absolute atomic E-state index is 12.6. The molecule has 0 saturated heterocycles. The normalized spacial score (nSPS) is 9.73. The van der Waals surface area contributed by atoms with Crippen molar-refractivity contribution < 1.29 is 8.78 Å². The summed E-state index contributed by atoms with van der Waals surface area (Å²) in [5.41, 5.74) is 0.413. The Bertz CT molecular complexity index is 273. The van der Waals surface area contributed by atoms with E-state index in [0.29, 0.717) is 5.56 Å². The number of hydrogen-bond acceptors (Lipinski definition) is 2. The minimum atomic E-state index is -0.933. The van der Waals surface area contributed by atoms with Gasteiger partial charge in [0.2, 0.25) is 11.9 Å². The van der Waals surface area contributed by atoms with Crippen LogP contribution >= 0.6 is 0 Å². The average molecular weight is 156 g/mol. The van der Waals surface area contributed by atoms with Crippen molar-refractivity contribution in [1.82, 2.24) is 4.98 Å². The van der Waals surface area contributed by atoms with Crippen LogP contribution in [0.5, 0.6) is 0 Å². The van der Waals surface area contributed by atoms with Gasteiger partial charge in [0, 0.05) is 6.21 Å². The molecular formula is C7H6F2N2. The molecular weight excluding hydrogens is 150 g/mol. The van der Waals surface area contributed by atoms with Crippen LogP contribution in [0.1, 0.15) is 11.1 Å². The van der Waals surface area contributed by atoms with E-state index in [1.807, 2.05) is 0 Å². The molecule has 1 N–H and O–H groups in total. The van der Waals surface area contributed by atoms with Gasteiger partial charge in [0.1, 0.15) is 0 Å². The third-order valence-electron chi connectivity index (χ3n) is 1.33. The lowest BCUT2D eigenvalue weighted by Gasteiger charge is -1.98. The lowest BCUT2D eigenvalue weighted by molar-refractivity contribution is 0.509. The molecule has 0 fully saturated rings. The first-order valence-electron chi connectivity index (χ1n) is 2.98. The molecule has 0 atom stereocenters. The summed E-state index contributed by atoms with van der Waals surface area (Å²) in [6, 6.07) is 1.09. The van der Waals surface area contributed by atoms with Gasteiger partial charge in [-0.25, -0.2) is 0 Å². The Kier molecular flexibility index (Phi) is 1.94. The maximum Gasteiger partial charge on any atom is 0.224 e. The average Bonchev–Trinajstić information content (AvgIpc) is 1.85. The van der Waals surface area contributed by atoms with Gasteiger partial charge in [-0.2, -0.15) is 13.8 Å². The second-order valence-electron chi connectivity index (χ2n) is 2.11. The van der Waals surface area contributed by atoms with Crippen molar-refractivity contribution in [3.8, 4) is 0 Å². The molecule has 2 nitrogen and oxygen atoms in total. The largest absolute Gasteiger partial charge is 0.308 e. The number of hydrogen-bond donors (Lipinski definition) is 1. The fourth-order valence-electron chi connectivity index (χ4n) is 0.779. The van der Waals surface area contributed by atoms with E-state index in [1.54, 1.807) is 0 Å². The Hall–Kier alpha value is -1.32. The lowest BCUT2D eigenvalue weighted by atomic mass is 10.2. The SMILES string of the molecule is Cc1cc(F)nc(F)c1C=N. The summed E-state index contributed by atoms with van der Waals surface area (Å²) in [4.78, 5) is 2.92. The van der Waals surface area contributed by atoms with Crippen LogP contribution in [0.4, 0.5) is 8.78 Å². The van der Waals surface area contributed by atoms with Gasteiger partial charge in [0.25, 0.3) is 0 Å². The zero-order valence-corrected chi connectivity index (χ0v) is 5.86. The number of pyridine rings is 1. The summed E-state index contributed by atoms with van der Waals surface area (Å²) in [7, 11) is 0. The molecule has 4 heteroatoms. The Balaban J connectivity index is 3.36. The molecule has 0 bridgehead atoms. The number of nitrogens with zero attached hydrogens (tertiary/aromatic N) is 1. The minimum Gasteiger partial charge on any atom is -0.308 e. The Morgan fingerprint density at radius 3 is 2.64 bits per heavy atom. The highest BCUT2D eigenvalue weighted by Crippen LogP contribution is 2.08. The fourth-order valence-corrected chi connectivity index (χ4v) is 0.779. The van der Waals surface area contributed by atoms with Gasteiger partial charge in [0.05, 0.1) is 5.56 Å². The van der Waals surface area contributed by atoms with E-state index in [-0.39, 0.29) is 5.56 Å². The molecule has 0 aromatic carbocycles. The smallest absolute Gasteiger partial charge is 0.224 e. The Morgan fingerprint density at radius 2 is 2.18 bits per heavy atom. The first-order chi connectivity index (χ1) is 5.15. The molecule has 1 aromatic rings. The Morgan fingerprint density at radius 1 is 1.55 bits per heavy atom. The van der Waals surface area contributed by atoms with Crippen molar-refractivity contribution in [2.45, 2.75) is 6.92 Å². The molecule has 0 radical (unpaired) electrons. The highest BCUT2D eigenvalue weighted by molar-refractivity contribution is 5.78. The third-order valence-corrected chi connectivity index (χ3v) is 1.33. The van der Waals surface area contributed by atoms with E-state index >= 15 is 0 Å². The van der Waals surface area contributed by atoms with Gasteiger partial charge in [-0.3, -0.25) is 0 Å². The number of rotatable bonds is 1. The van der Waals surface area contributed by atoms with Crippen molar-refractivity contribution in [2.24, 2.45) is 0 Å². The van der Waals surface area contributed by atoms with Gasteiger partial charge >= 0.3 is 0 Å². The van der Waals surface area contributed by atoms with Crippen molar-refractivity contribution in [2.75, 3.05) is 0 Å². The zero-order chi connectivity index (χ0) is 8.43. The predicted molar refractivity (Wildman–Crippen MR) is 36.8 cm³/mol. The third kappa shape index (κ3) is 1.39. The molecule has 0 amide bonds. The number of halogens is 2. The number of nitrogens with one attached hydrogen (secondary N) is 1. The topological polar surface area (TPSA) is 36.7 Å². The van der Waals surface area contributed by atoms with Crippen LogP contribution in [0.25, 0.3) is 0 Å². The molecule has 1 rings (SSSR count). The second-order valence-corrected chi connectivity index (χ2v) is 2.11. The van der Waals surface area contributed by atoms with Crippen LogP contribution in [0.3, 0.4) is 0 Å². The van der Waals surface area contributed by atoms with Crippen LogP contribution in [0.2, 0.25) is 0 Å². The molecule has 58 valence electrons. The summed E-state index contributed by atoms with van der Waals surface area (Å²) in [5, 5.41) is 6.77. The quantitative estimate of drug-likeness (QED) is 0.487. The summed E-state index contributed by atoms with van der Waals surface area (Å²) < 4.78 is 24.9. The zero-order valence-electron chi connectivity index (χ0n) is 5.86. The maximum atomic E-state index is 12.6. The van der Waals surface area contributed by atoms with Gasteiger partial charge in [-0.05, 0) is 18.6 Å².